The minimum Gasteiger partial charge on any atom is -0.481 e. The Morgan fingerprint density at radius 1 is 1.40 bits per heavy atom. The van der Waals surface area contributed by atoms with Crippen LogP contribution >= 0.6 is 12.2 Å². The molecule has 0 radical (unpaired) electrons. The fraction of sp³-hybridized carbons (Fsp3) is 0.250. The topological polar surface area (TPSA) is 25.0 Å². The smallest absolute Gasteiger partial charge is 0.208 e. The van der Waals surface area contributed by atoms with E-state index in [0.717, 1.165) is 17.6 Å². The van der Waals surface area contributed by atoms with E-state index < -0.39 is 0 Å². The summed E-state index contributed by atoms with van der Waals surface area (Å²) in [5.41, 5.74) is 4.74. The van der Waals surface area contributed by atoms with Gasteiger partial charge in [0.1, 0.15) is 0 Å². The lowest BCUT2D eigenvalue weighted by molar-refractivity contribution is 0.308. The van der Waals surface area contributed by atoms with Crippen LogP contribution < -0.4 is 0 Å². The quantitative estimate of drug-likeness (QED) is 0.686. The van der Waals surface area contributed by atoms with E-state index in [1.807, 2.05) is 0 Å². The first kappa shape index (κ1) is 8.92. The predicted octanol–water partition coefficient (Wildman–Crippen LogP) is 2.72. The van der Waals surface area contributed by atoms with Gasteiger partial charge < -0.3 is 9.72 Å². The first-order valence-corrected chi connectivity index (χ1v) is 5.45. The van der Waals surface area contributed by atoms with E-state index in [1.54, 1.807) is 0 Å². The van der Waals surface area contributed by atoms with E-state index in [4.69, 9.17) is 17.0 Å². The molecule has 0 saturated carbocycles. The summed E-state index contributed by atoms with van der Waals surface area (Å²) in [6.07, 6.45) is 0.943. The predicted molar refractivity (Wildman–Crippen MR) is 64.4 cm³/mol. The molecule has 3 rings (SSSR count). The van der Waals surface area contributed by atoms with Crippen LogP contribution in [-0.2, 0) is 11.2 Å². The Kier molecular flexibility index (Phi) is 1.83. The molecule has 0 bridgehead atoms. The highest BCUT2D eigenvalue weighted by Gasteiger charge is 2.20. The molecule has 0 aliphatic carbocycles. The Hall–Kier alpha value is -1.35. The van der Waals surface area contributed by atoms with Crippen LogP contribution in [0.1, 0.15) is 16.8 Å². The summed E-state index contributed by atoms with van der Waals surface area (Å²) in [6.45, 7) is 2.81. The van der Waals surface area contributed by atoms with E-state index >= 15 is 0 Å². The van der Waals surface area contributed by atoms with Crippen molar-refractivity contribution >= 4 is 28.2 Å². The molecule has 0 fully saturated rings. The largest absolute Gasteiger partial charge is 0.481 e. The third-order valence-corrected chi connectivity index (χ3v) is 3.17. The maximum absolute atomic E-state index is 5.36. The monoisotopic (exact) mass is 217 g/mol. The van der Waals surface area contributed by atoms with Gasteiger partial charge in [0.2, 0.25) is 5.05 Å². The molecule has 1 aliphatic rings. The lowest BCUT2D eigenvalue weighted by Gasteiger charge is -2.13. The third kappa shape index (κ3) is 1.27. The molecule has 3 heteroatoms. The van der Waals surface area contributed by atoms with Gasteiger partial charge in [-0.05, 0) is 36.8 Å². The number of aromatic nitrogens is 1. The van der Waals surface area contributed by atoms with Gasteiger partial charge in [0.15, 0.2) is 0 Å². The Morgan fingerprint density at radius 3 is 3.13 bits per heavy atom. The van der Waals surface area contributed by atoms with Crippen molar-refractivity contribution in [2.75, 3.05) is 6.61 Å². The van der Waals surface area contributed by atoms with Crippen molar-refractivity contribution < 1.29 is 4.74 Å². The zero-order chi connectivity index (χ0) is 10.4. The molecular formula is C12H11NOS. The van der Waals surface area contributed by atoms with Crippen molar-refractivity contribution in [1.82, 2.24) is 4.98 Å². The summed E-state index contributed by atoms with van der Waals surface area (Å²) in [7, 11) is 0. The first-order chi connectivity index (χ1) is 7.25. The number of H-pyrrole nitrogens is 1. The maximum atomic E-state index is 5.36. The summed E-state index contributed by atoms with van der Waals surface area (Å²) < 4.78 is 5.36. The lowest BCUT2D eigenvalue weighted by atomic mass is 10.0. The molecule has 0 amide bonds. The highest BCUT2D eigenvalue weighted by molar-refractivity contribution is 7.80. The molecule has 0 atom stereocenters. The minimum absolute atomic E-state index is 0.602. The van der Waals surface area contributed by atoms with Crippen molar-refractivity contribution in [1.29, 1.82) is 0 Å². The molecule has 1 aromatic heterocycles. The van der Waals surface area contributed by atoms with Crippen LogP contribution in [0.3, 0.4) is 0 Å². The van der Waals surface area contributed by atoms with Crippen LogP contribution in [0.15, 0.2) is 18.2 Å². The zero-order valence-electron chi connectivity index (χ0n) is 8.46. The normalized spacial score (nSPS) is 15.1. The highest BCUT2D eigenvalue weighted by atomic mass is 32.1. The molecule has 2 aromatic rings. The Morgan fingerprint density at radius 2 is 2.27 bits per heavy atom. The lowest BCUT2D eigenvalue weighted by Crippen LogP contribution is -2.15. The number of aromatic amines is 1. The number of thiocarbonyl (C=S) groups is 1. The van der Waals surface area contributed by atoms with Gasteiger partial charge in [-0.1, -0.05) is 11.6 Å². The minimum atomic E-state index is 0.602. The molecule has 15 heavy (non-hydrogen) atoms. The van der Waals surface area contributed by atoms with E-state index in [0.29, 0.717) is 11.7 Å². The van der Waals surface area contributed by atoms with E-state index in [-0.39, 0.29) is 0 Å². The number of nitrogens with one attached hydrogen (secondary N) is 1. The molecular weight excluding hydrogens is 206 g/mol. The molecule has 1 aliphatic heterocycles. The molecule has 1 N–H and O–H groups in total. The second-order valence-electron chi connectivity index (χ2n) is 3.91. The average Bonchev–Trinajstić information content (AvgIpc) is 2.58. The van der Waals surface area contributed by atoms with Gasteiger partial charge in [-0.15, -0.1) is 0 Å². The average molecular weight is 217 g/mol. The van der Waals surface area contributed by atoms with Crippen molar-refractivity contribution in [3.8, 4) is 0 Å². The van der Waals surface area contributed by atoms with Crippen LogP contribution in [-0.4, -0.2) is 16.6 Å². The summed E-state index contributed by atoms with van der Waals surface area (Å²) in [5.74, 6) is 0. The van der Waals surface area contributed by atoms with E-state index in [1.165, 1.54) is 16.5 Å². The highest BCUT2D eigenvalue weighted by Crippen LogP contribution is 2.27. The first-order valence-electron chi connectivity index (χ1n) is 5.04. The SMILES string of the molecule is Cc1ccc2[nH]c3c(c2c1)CCOC3=S. The molecule has 0 unspecified atom stereocenters. The van der Waals surface area contributed by atoms with Crippen LogP contribution in [0.5, 0.6) is 0 Å². The third-order valence-electron chi connectivity index (χ3n) is 2.85. The molecule has 0 saturated heterocycles. The molecule has 1 aromatic carbocycles. The second-order valence-corrected chi connectivity index (χ2v) is 4.28. The second kappa shape index (κ2) is 3.07. The van der Waals surface area contributed by atoms with Gasteiger partial charge in [-0.25, -0.2) is 0 Å². The number of hydrogen-bond donors (Lipinski definition) is 1. The zero-order valence-corrected chi connectivity index (χ0v) is 9.28. The Bertz CT molecular complexity index is 556. The van der Waals surface area contributed by atoms with Crippen LogP contribution in [0.25, 0.3) is 10.9 Å². The van der Waals surface area contributed by atoms with Crippen LogP contribution in [0.2, 0.25) is 0 Å². The van der Waals surface area contributed by atoms with Crippen molar-refractivity contribution in [3.05, 3.63) is 35.0 Å². The number of ether oxygens (including phenoxy) is 1. The van der Waals surface area contributed by atoms with E-state index in [2.05, 4.69) is 30.1 Å². The fourth-order valence-corrected chi connectivity index (χ4v) is 2.37. The molecule has 2 nitrogen and oxygen atoms in total. The number of hydrogen-bond acceptors (Lipinski definition) is 2. The number of fused-ring (bicyclic) bond motifs is 3. The molecule has 0 spiro atoms. The van der Waals surface area contributed by atoms with Gasteiger partial charge in [-0.2, -0.15) is 0 Å². The fourth-order valence-electron chi connectivity index (χ4n) is 2.11. The Balaban J connectivity index is 2.36. The number of aryl methyl sites for hydroxylation is 1. The number of benzene rings is 1. The number of rotatable bonds is 0. The molecule has 76 valence electrons. The van der Waals surface area contributed by atoms with Crippen LogP contribution in [0, 0.1) is 6.92 Å². The van der Waals surface area contributed by atoms with Gasteiger partial charge in [-0.3, -0.25) is 0 Å². The summed E-state index contributed by atoms with van der Waals surface area (Å²) in [4.78, 5) is 3.33. The summed E-state index contributed by atoms with van der Waals surface area (Å²) in [5, 5.41) is 1.89. The summed E-state index contributed by atoms with van der Waals surface area (Å²) >= 11 is 5.18. The van der Waals surface area contributed by atoms with Gasteiger partial charge in [0.05, 0.1) is 12.3 Å². The van der Waals surface area contributed by atoms with Crippen molar-refractivity contribution in [3.63, 3.8) is 0 Å². The van der Waals surface area contributed by atoms with E-state index in [9.17, 15) is 0 Å². The summed E-state index contributed by atoms with van der Waals surface area (Å²) in [6, 6.07) is 6.42. The maximum Gasteiger partial charge on any atom is 0.208 e. The Labute approximate surface area is 93.2 Å². The van der Waals surface area contributed by atoms with Gasteiger partial charge in [0, 0.05) is 17.3 Å². The van der Waals surface area contributed by atoms with Gasteiger partial charge in [0.25, 0.3) is 0 Å². The van der Waals surface area contributed by atoms with Gasteiger partial charge >= 0.3 is 0 Å². The van der Waals surface area contributed by atoms with Crippen molar-refractivity contribution in [2.24, 2.45) is 0 Å². The van der Waals surface area contributed by atoms with Crippen molar-refractivity contribution in [2.45, 2.75) is 13.3 Å². The standard InChI is InChI=1S/C12H11NOS/c1-7-2-3-10-9(6-7)8-4-5-14-12(15)11(8)13-10/h2-3,6,13H,4-5H2,1H3. The molecule has 2 heterocycles. The van der Waals surface area contributed by atoms with Crippen LogP contribution in [0.4, 0.5) is 0 Å².